The number of rotatable bonds is 4. The molecule has 0 saturated carbocycles. The van der Waals surface area contributed by atoms with E-state index in [1.165, 1.54) is 0 Å². The number of ether oxygens (including phenoxy) is 1. The van der Waals surface area contributed by atoms with E-state index < -0.39 is 5.41 Å². The van der Waals surface area contributed by atoms with Crippen molar-refractivity contribution in [2.24, 2.45) is 11.3 Å². The Labute approximate surface area is 237 Å². The van der Waals surface area contributed by atoms with Crippen LogP contribution in [0.4, 0.5) is 5.69 Å². The lowest BCUT2D eigenvalue weighted by atomic mass is 9.74. The smallest absolute Gasteiger partial charge is 0.255 e. The van der Waals surface area contributed by atoms with Crippen molar-refractivity contribution in [2.45, 2.75) is 53.0 Å². The number of hydrogen-bond acceptors (Lipinski definition) is 5. The van der Waals surface area contributed by atoms with E-state index in [9.17, 15) is 14.4 Å². The summed E-state index contributed by atoms with van der Waals surface area (Å²) in [4.78, 5) is 41.6. The van der Waals surface area contributed by atoms with Crippen LogP contribution in [-0.2, 0) is 9.59 Å². The minimum atomic E-state index is -0.588. The van der Waals surface area contributed by atoms with E-state index in [2.05, 4.69) is 34.7 Å². The molecule has 1 atom stereocenters. The third kappa shape index (κ3) is 7.10. The topological polar surface area (TPSA) is 99.8 Å². The number of piperidine rings is 1. The molecule has 214 valence electrons. The molecule has 0 unspecified atom stereocenters. The molecule has 8 nitrogen and oxygen atoms in total. The second-order valence-electron chi connectivity index (χ2n) is 11.4. The zero-order chi connectivity index (χ0) is 28.7. The second kappa shape index (κ2) is 13.1. The molecule has 2 heterocycles. The van der Waals surface area contributed by atoms with Crippen LogP contribution in [-0.4, -0.2) is 61.4 Å². The third-order valence-electron chi connectivity index (χ3n) is 8.13. The molecule has 8 heteroatoms. The van der Waals surface area contributed by atoms with Gasteiger partial charge >= 0.3 is 0 Å². The zero-order valence-corrected chi connectivity index (χ0v) is 24.1. The highest BCUT2D eigenvalue weighted by Gasteiger charge is 2.41. The highest BCUT2D eigenvalue weighted by molar-refractivity contribution is 5.97. The van der Waals surface area contributed by atoms with E-state index in [1.807, 2.05) is 56.3 Å². The first-order valence-electron chi connectivity index (χ1n) is 14.2. The summed E-state index contributed by atoms with van der Waals surface area (Å²) in [6.45, 7) is 10.3. The number of amides is 3. The van der Waals surface area contributed by atoms with Crippen molar-refractivity contribution in [1.29, 1.82) is 0 Å². The van der Waals surface area contributed by atoms with E-state index in [0.717, 1.165) is 16.8 Å². The van der Waals surface area contributed by atoms with Crippen LogP contribution in [0.25, 0.3) is 0 Å². The molecular weight excluding hydrogens is 504 g/mol. The van der Waals surface area contributed by atoms with Crippen molar-refractivity contribution in [3.63, 3.8) is 0 Å². The molecule has 40 heavy (non-hydrogen) atoms. The van der Waals surface area contributed by atoms with Gasteiger partial charge in [0.2, 0.25) is 11.8 Å². The van der Waals surface area contributed by atoms with E-state index in [-0.39, 0.29) is 42.8 Å². The van der Waals surface area contributed by atoms with Gasteiger partial charge in [-0.1, -0.05) is 56.3 Å². The first-order chi connectivity index (χ1) is 19.2. The summed E-state index contributed by atoms with van der Waals surface area (Å²) in [7, 11) is 0. The summed E-state index contributed by atoms with van der Waals surface area (Å²) in [6, 6.07) is 12.9. The van der Waals surface area contributed by atoms with Gasteiger partial charge in [0.15, 0.2) is 0 Å². The number of nitrogens with one attached hydrogen (secondary N) is 3. The largest absolute Gasteiger partial charge is 0.491 e. The van der Waals surface area contributed by atoms with Crippen LogP contribution in [0.3, 0.4) is 0 Å². The predicted molar refractivity (Wildman–Crippen MR) is 157 cm³/mol. The lowest BCUT2D eigenvalue weighted by molar-refractivity contribution is -0.135. The van der Waals surface area contributed by atoms with E-state index in [0.29, 0.717) is 50.2 Å². The fourth-order valence-corrected chi connectivity index (χ4v) is 5.38. The fourth-order valence-electron chi connectivity index (χ4n) is 5.38. The minimum Gasteiger partial charge on any atom is -0.491 e. The van der Waals surface area contributed by atoms with E-state index in [1.54, 1.807) is 12.1 Å². The van der Waals surface area contributed by atoms with Crippen molar-refractivity contribution in [1.82, 2.24) is 15.5 Å². The standard InChI is InChI=1S/C32H42N4O4/c1-22(2)26-21-40-27-13-6-5-12-25(27)30(38)33-17-8-7-14-32(31(39)34-26)15-18-36(19-16-32)20-28(37)35-29-23(3)10-9-11-24(29)4/h5-13,22,26H,14-21H2,1-4H3,(H,33,38)(H,34,39)(H,35,37)/b8-7+/t26-/m0/s1. The Hall–Kier alpha value is -3.65. The summed E-state index contributed by atoms with van der Waals surface area (Å²) in [5, 5.41) is 9.28. The van der Waals surface area contributed by atoms with Gasteiger partial charge in [0, 0.05) is 12.2 Å². The predicted octanol–water partition coefficient (Wildman–Crippen LogP) is 4.23. The van der Waals surface area contributed by atoms with Gasteiger partial charge in [0.25, 0.3) is 5.91 Å². The summed E-state index contributed by atoms with van der Waals surface area (Å²) in [6.07, 6.45) is 5.76. The Morgan fingerprint density at radius 2 is 1.75 bits per heavy atom. The van der Waals surface area contributed by atoms with Gasteiger partial charge in [-0.15, -0.1) is 0 Å². The van der Waals surface area contributed by atoms with E-state index in [4.69, 9.17) is 4.74 Å². The molecule has 0 aliphatic carbocycles. The van der Waals surface area contributed by atoms with Crippen molar-refractivity contribution < 1.29 is 19.1 Å². The number of allylic oxidation sites excluding steroid dienone is 1. The molecular formula is C32H42N4O4. The van der Waals surface area contributed by atoms with Crippen LogP contribution in [0.1, 0.15) is 54.6 Å². The van der Waals surface area contributed by atoms with Crippen LogP contribution in [0.15, 0.2) is 54.6 Å². The first-order valence-corrected chi connectivity index (χ1v) is 14.2. The number of likely N-dealkylation sites (tertiary alicyclic amines) is 1. The van der Waals surface area contributed by atoms with E-state index >= 15 is 0 Å². The molecule has 1 fully saturated rings. The number of carbonyl (C=O) groups excluding carboxylic acids is 3. The molecule has 4 rings (SSSR count). The monoisotopic (exact) mass is 546 g/mol. The number of para-hydroxylation sites is 2. The zero-order valence-electron chi connectivity index (χ0n) is 24.1. The number of benzene rings is 2. The molecule has 0 radical (unpaired) electrons. The van der Waals surface area contributed by atoms with Crippen LogP contribution < -0.4 is 20.7 Å². The van der Waals surface area contributed by atoms with Crippen molar-refractivity contribution >= 4 is 23.4 Å². The Morgan fingerprint density at radius 1 is 1.05 bits per heavy atom. The lowest BCUT2D eigenvalue weighted by Crippen LogP contribution is -2.54. The number of aryl methyl sites for hydroxylation is 2. The number of fused-ring (bicyclic) bond motifs is 1. The van der Waals surface area contributed by atoms with Gasteiger partial charge < -0.3 is 20.7 Å². The normalized spacial score (nSPS) is 21.0. The second-order valence-corrected chi connectivity index (χ2v) is 11.4. The molecule has 0 aromatic heterocycles. The van der Waals surface area contributed by atoms with Crippen LogP contribution in [0.5, 0.6) is 5.75 Å². The molecule has 3 amide bonds. The van der Waals surface area contributed by atoms with Crippen LogP contribution in [0, 0.1) is 25.2 Å². The summed E-state index contributed by atoms with van der Waals surface area (Å²) >= 11 is 0. The number of nitrogens with zero attached hydrogens (tertiary/aromatic N) is 1. The van der Waals surface area contributed by atoms with Gasteiger partial charge in [-0.05, 0) is 75.4 Å². The number of anilines is 1. The molecule has 0 bridgehead atoms. The molecule has 1 spiro atoms. The van der Waals surface area contributed by atoms with Gasteiger partial charge in [0.05, 0.1) is 23.6 Å². The number of carbonyl (C=O) groups is 3. The quantitative estimate of drug-likeness (QED) is 0.499. The summed E-state index contributed by atoms with van der Waals surface area (Å²) < 4.78 is 6.08. The summed E-state index contributed by atoms with van der Waals surface area (Å²) in [5.41, 5.74) is 2.84. The average Bonchev–Trinajstić information content (AvgIpc) is 2.93. The Kier molecular flexibility index (Phi) is 9.63. The fraction of sp³-hybridized carbons (Fsp3) is 0.469. The average molecular weight is 547 g/mol. The first kappa shape index (κ1) is 29.3. The van der Waals surface area contributed by atoms with Gasteiger partial charge in [0.1, 0.15) is 12.4 Å². The maximum Gasteiger partial charge on any atom is 0.255 e. The molecule has 2 aliphatic rings. The van der Waals surface area contributed by atoms with Crippen LogP contribution in [0.2, 0.25) is 0 Å². The molecule has 2 aliphatic heterocycles. The Bertz CT molecular complexity index is 1230. The molecule has 1 saturated heterocycles. The molecule has 2 aromatic carbocycles. The molecule has 2 aromatic rings. The van der Waals surface area contributed by atoms with Gasteiger partial charge in [-0.25, -0.2) is 0 Å². The maximum absolute atomic E-state index is 13.9. The lowest BCUT2D eigenvalue weighted by Gasteiger charge is -2.41. The minimum absolute atomic E-state index is 0.0217. The summed E-state index contributed by atoms with van der Waals surface area (Å²) in [5.74, 6) is 0.428. The maximum atomic E-state index is 13.9. The highest BCUT2D eigenvalue weighted by Crippen LogP contribution is 2.36. The molecule has 3 N–H and O–H groups in total. The van der Waals surface area contributed by atoms with Gasteiger partial charge in [-0.2, -0.15) is 0 Å². The highest BCUT2D eigenvalue weighted by atomic mass is 16.5. The SMILES string of the molecule is Cc1cccc(C)c1NC(=O)CN1CCC2(C/C=C/CNC(=O)c3ccccc3OC[C@@H](C(C)C)NC2=O)CC1. The number of hydrogen-bond donors (Lipinski definition) is 3. The Balaban J connectivity index is 1.45. The van der Waals surface area contributed by atoms with Crippen molar-refractivity contribution in [3.05, 3.63) is 71.3 Å². The van der Waals surface area contributed by atoms with Crippen molar-refractivity contribution in [3.8, 4) is 5.75 Å². The van der Waals surface area contributed by atoms with Crippen molar-refractivity contribution in [2.75, 3.05) is 38.1 Å². The third-order valence-corrected chi connectivity index (χ3v) is 8.13. The Morgan fingerprint density at radius 3 is 2.45 bits per heavy atom. The van der Waals surface area contributed by atoms with Crippen LogP contribution >= 0.6 is 0 Å². The van der Waals surface area contributed by atoms with Gasteiger partial charge in [-0.3, -0.25) is 19.3 Å².